The average Bonchev–Trinajstić information content (AvgIpc) is 2.90. The summed E-state index contributed by atoms with van der Waals surface area (Å²) in [5.74, 6) is 0. The minimum Gasteiger partial charge on any atom is -0.314 e. The van der Waals surface area contributed by atoms with Crippen LogP contribution in [0.1, 0.15) is 24.4 Å². The first-order valence-electron chi connectivity index (χ1n) is 6.09. The van der Waals surface area contributed by atoms with Gasteiger partial charge in [0, 0.05) is 36.9 Å². The van der Waals surface area contributed by atoms with E-state index in [1.807, 2.05) is 23.8 Å². The summed E-state index contributed by atoms with van der Waals surface area (Å²) in [5, 5.41) is 6.53. The molecular formula is C13H17N3OS. The molecule has 0 aliphatic heterocycles. The van der Waals surface area contributed by atoms with Crippen molar-refractivity contribution in [2.24, 2.45) is 0 Å². The summed E-state index contributed by atoms with van der Waals surface area (Å²) in [6.07, 6.45) is 4.64. The summed E-state index contributed by atoms with van der Waals surface area (Å²) in [6, 6.07) is 5.50. The van der Waals surface area contributed by atoms with Crippen molar-refractivity contribution in [1.82, 2.24) is 14.9 Å². The van der Waals surface area contributed by atoms with Crippen molar-refractivity contribution in [2.45, 2.75) is 25.9 Å². The highest BCUT2D eigenvalue weighted by Gasteiger charge is 2.10. The summed E-state index contributed by atoms with van der Waals surface area (Å²) >= 11 is 1.66. The molecule has 18 heavy (non-hydrogen) atoms. The number of nitrogens with zero attached hydrogens (tertiary/aromatic N) is 2. The van der Waals surface area contributed by atoms with Gasteiger partial charge in [-0.1, -0.05) is 13.0 Å². The van der Waals surface area contributed by atoms with Crippen LogP contribution in [0.5, 0.6) is 0 Å². The van der Waals surface area contributed by atoms with Crippen molar-refractivity contribution in [2.75, 3.05) is 6.54 Å². The van der Waals surface area contributed by atoms with Crippen molar-refractivity contribution >= 4 is 11.3 Å². The molecule has 0 fully saturated rings. The summed E-state index contributed by atoms with van der Waals surface area (Å²) in [4.78, 5) is 15.8. The lowest BCUT2D eigenvalue weighted by Crippen LogP contribution is -2.28. The second kappa shape index (κ2) is 6.47. The van der Waals surface area contributed by atoms with E-state index in [1.54, 1.807) is 28.0 Å². The number of pyridine rings is 1. The van der Waals surface area contributed by atoms with Gasteiger partial charge in [-0.25, -0.2) is 4.98 Å². The Balaban J connectivity index is 1.88. The first kappa shape index (κ1) is 13.0. The van der Waals surface area contributed by atoms with Crippen molar-refractivity contribution in [3.8, 4) is 0 Å². The van der Waals surface area contributed by atoms with Crippen LogP contribution < -0.4 is 10.9 Å². The zero-order valence-electron chi connectivity index (χ0n) is 10.4. The molecule has 0 saturated carbocycles. The Hall–Kier alpha value is -1.46. The van der Waals surface area contributed by atoms with Crippen LogP contribution in [0.3, 0.4) is 0 Å². The molecular weight excluding hydrogens is 246 g/mol. The number of nitrogens with one attached hydrogen (secondary N) is 1. The van der Waals surface area contributed by atoms with Gasteiger partial charge in [0.15, 0.2) is 0 Å². The second-order valence-electron chi connectivity index (χ2n) is 4.02. The Morgan fingerprint density at radius 2 is 2.39 bits per heavy atom. The molecule has 2 aromatic heterocycles. The Kier molecular flexibility index (Phi) is 4.66. The van der Waals surface area contributed by atoms with E-state index in [2.05, 4.69) is 17.2 Å². The quantitative estimate of drug-likeness (QED) is 0.867. The number of rotatable bonds is 6. The third-order valence-corrected chi connectivity index (χ3v) is 3.69. The van der Waals surface area contributed by atoms with Crippen LogP contribution in [0.4, 0.5) is 0 Å². The van der Waals surface area contributed by atoms with Gasteiger partial charge in [0.2, 0.25) is 0 Å². The Morgan fingerprint density at radius 1 is 1.50 bits per heavy atom. The third-order valence-electron chi connectivity index (χ3n) is 2.80. The van der Waals surface area contributed by atoms with Crippen molar-refractivity contribution in [1.29, 1.82) is 0 Å². The van der Waals surface area contributed by atoms with Gasteiger partial charge in [-0.2, -0.15) is 0 Å². The van der Waals surface area contributed by atoms with Gasteiger partial charge >= 0.3 is 0 Å². The maximum atomic E-state index is 11.5. The molecule has 0 amide bonds. The molecule has 2 aromatic rings. The van der Waals surface area contributed by atoms with E-state index >= 15 is 0 Å². The summed E-state index contributed by atoms with van der Waals surface area (Å²) in [5.41, 5.74) is 0.0431. The molecule has 1 unspecified atom stereocenters. The number of aromatic nitrogens is 2. The molecule has 2 rings (SSSR count). The van der Waals surface area contributed by atoms with Crippen LogP contribution in [0.2, 0.25) is 0 Å². The first-order valence-corrected chi connectivity index (χ1v) is 6.97. The second-order valence-corrected chi connectivity index (χ2v) is 4.94. The molecule has 4 nitrogen and oxygen atoms in total. The lowest BCUT2D eigenvalue weighted by Gasteiger charge is -2.14. The van der Waals surface area contributed by atoms with E-state index in [-0.39, 0.29) is 11.6 Å². The van der Waals surface area contributed by atoms with Gasteiger partial charge < -0.3 is 9.88 Å². The van der Waals surface area contributed by atoms with Gasteiger partial charge in [-0.15, -0.1) is 11.3 Å². The minimum atomic E-state index is 0.0431. The van der Waals surface area contributed by atoms with E-state index < -0.39 is 0 Å². The predicted octanol–water partition coefficient (Wildman–Crippen LogP) is 2.05. The fraction of sp³-hybridized carbons (Fsp3) is 0.385. The Morgan fingerprint density at radius 3 is 3.06 bits per heavy atom. The number of hydrogen-bond donors (Lipinski definition) is 1. The van der Waals surface area contributed by atoms with Gasteiger partial charge in [0.05, 0.1) is 6.04 Å². The van der Waals surface area contributed by atoms with Crippen LogP contribution in [0, 0.1) is 0 Å². The highest BCUT2D eigenvalue weighted by atomic mass is 32.1. The average molecular weight is 263 g/mol. The summed E-state index contributed by atoms with van der Waals surface area (Å²) < 4.78 is 1.71. The molecule has 0 aliphatic carbocycles. The summed E-state index contributed by atoms with van der Waals surface area (Å²) in [7, 11) is 0. The van der Waals surface area contributed by atoms with Crippen LogP contribution >= 0.6 is 11.3 Å². The van der Waals surface area contributed by atoms with E-state index in [0.29, 0.717) is 6.54 Å². The standard InChI is InChI=1S/C13H17N3OS/c1-2-11(13-15-7-10-18-13)14-6-9-16-8-4-3-5-12(16)17/h3-5,7-8,10-11,14H,2,6,9H2,1H3. The Bertz CT molecular complexity index is 521. The SMILES string of the molecule is CCC(NCCn1ccccc1=O)c1nccs1. The maximum Gasteiger partial charge on any atom is 0.250 e. The van der Waals surface area contributed by atoms with Crippen LogP contribution in [0.15, 0.2) is 40.8 Å². The van der Waals surface area contributed by atoms with E-state index in [4.69, 9.17) is 0 Å². The molecule has 1 atom stereocenters. The van der Waals surface area contributed by atoms with Gasteiger partial charge in [0.1, 0.15) is 5.01 Å². The van der Waals surface area contributed by atoms with E-state index in [0.717, 1.165) is 18.0 Å². The maximum absolute atomic E-state index is 11.5. The predicted molar refractivity (Wildman–Crippen MR) is 73.9 cm³/mol. The van der Waals surface area contributed by atoms with Crippen molar-refractivity contribution in [3.63, 3.8) is 0 Å². The lowest BCUT2D eigenvalue weighted by atomic mass is 10.2. The number of thiazole rings is 1. The highest BCUT2D eigenvalue weighted by Crippen LogP contribution is 2.18. The van der Waals surface area contributed by atoms with Crippen LogP contribution in [-0.4, -0.2) is 16.1 Å². The molecule has 0 radical (unpaired) electrons. The Labute approximate surface area is 110 Å². The largest absolute Gasteiger partial charge is 0.314 e. The normalized spacial score (nSPS) is 12.5. The molecule has 96 valence electrons. The first-order chi connectivity index (χ1) is 8.81. The smallest absolute Gasteiger partial charge is 0.250 e. The molecule has 0 bridgehead atoms. The monoisotopic (exact) mass is 263 g/mol. The van der Waals surface area contributed by atoms with E-state index in [9.17, 15) is 4.79 Å². The topological polar surface area (TPSA) is 46.9 Å². The van der Waals surface area contributed by atoms with Gasteiger partial charge in [-0.3, -0.25) is 4.79 Å². The molecule has 0 saturated heterocycles. The molecule has 0 aromatic carbocycles. The fourth-order valence-corrected chi connectivity index (χ4v) is 2.61. The lowest BCUT2D eigenvalue weighted by molar-refractivity contribution is 0.486. The minimum absolute atomic E-state index is 0.0431. The summed E-state index contributed by atoms with van der Waals surface area (Å²) in [6.45, 7) is 3.58. The number of hydrogen-bond acceptors (Lipinski definition) is 4. The van der Waals surface area contributed by atoms with Gasteiger partial charge in [0.25, 0.3) is 5.56 Å². The van der Waals surface area contributed by atoms with E-state index in [1.165, 1.54) is 0 Å². The molecule has 0 spiro atoms. The molecule has 0 aliphatic rings. The highest BCUT2D eigenvalue weighted by molar-refractivity contribution is 7.09. The molecule has 5 heteroatoms. The third kappa shape index (κ3) is 3.27. The van der Waals surface area contributed by atoms with Crippen LogP contribution in [-0.2, 0) is 6.54 Å². The van der Waals surface area contributed by atoms with Crippen molar-refractivity contribution < 1.29 is 0 Å². The zero-order chi connectivity index (χ0) is 12.8. The van der Waals surface area contributed by atoms with Crippen molar-refractivity contribution in [3.05, 3.63) is 51.3 Å². The fourth-order valence-electron chi connectivity index (χ4n) is 1.82. The van der Waals surface area contributed by atoms with Gasteiger partial charge in [-0.05, 0) is 12.5 Å². The van der Waals surface area contributed by atoms with Crippen LogP contribution in [0.25, 0.3) is 0 Å². The zero-order valence-corrected chi connectivity index (χ0v) is 11.2. The molecule has 1 N–H and O–H groups in total. The molecule has 2 heterocycles.